The van der Waals surface area contributed by atoms with Crippen LogP contribution in [0.2, 0.25) is 0 Å². The minimum atomic E-state index is 0.447. The number of ether oxygens (including phenoxy) is 2. The Hall–Kier alpha value is -2.15. The number of aromatic amines is 1. The number of nitrogens with one attached hydrogen (secondary N) is 1. The Morgan fingerprint density at radius 3 is 2.90 bits per heavy atom. The van der Waals surface area contributed by atoms with Gasteiger partial charge in [-0.05, 0) is 37.7 Å². The van der Waals surface area contributed by atoms with Gasteiger partial charge < -0.3 is 9.47 Å². The normalized spacial score (nSPS) is 11.0. The molecular formula is C14H18N4O2S. The molecule has 0 amide bonds. The molecule has 1 aromatic heterocycles. The van der Waals surface area contributed by atoms with Crippen LogP contribution in [-0.2, 0) is 0 Å². The molecule has 112 valence electrons. The fourth-order valence-electron chi connectivity index (χ4n) is 1.78. The molecule has 6 nitrogen and oxygen atoms in total. The van der Waals surface area contributed by atoms with E-state index in [9.17, 15) is 0 Å². The molecule has 0 atom stereocenters. The van der Waals surface area contributed by atoms with Gasteiger partial charge in [0.15, 0.2) is 11.5 Å². The third kappa shape index (κ3) is 3.49. The van der Waals surface area contributed by atoms with Gasteiger partial charge in [-0.15, -0.1) is 0 Å². The lowest BCUT2D eigenvalue weighted by Gasteiger charge is -2.12. The van der Waals surface area contributed by atoms with Crippen LogP contribution < -0.4 is 9.47 Å². The standard InChI is InChI=1S/C14H18N4O2S/c1-4-8-20-13-11(6-5-7-12(13)19-3)9-15-18-10(2)16-17-14(18)21/h5-7,9H,4,8H2,1-3H3,(H,17,21)/b15-9+. The molecule has 0 bridgehead atoms. The lowest BCUT2D eigenvalue weighted by molar-refractivity contribution is 0.294. The molecule has 1 heterocycles. The smallest absolute Gasteiger partial charge is 0.216 e. The summed E-state index contributed by atoms with van der Waals surface area (Å²) in [4.78, 5) is 0. The molecule has 0 unspecified atom stereocenters. The molecule has 2 rings (SSSR count). The van der Waals surface area contributed by atoms with E-state index in [2.05, 4.69) is 22.2 Å². The maximum Gasteiger partial charge on any atom is 0.216 e. The Bertz CT molecular complexity index is 691. The molecular weight excluding hydrogens is 288 g/mol. The van der Waals surface area contributed by atoms with E-state index in [0.29, 0.717) is 28.7 Å². The number of aryl methyl sites for hydroxylation is 1. The number of hydrogen-bond acceptors (Lipinski definition) is 5. The van der Waals surface area contributed by atoms with Crippen LogP contribution in [0.3, 0.4) is 0 Å². The average molecular weight is 306 g/mol. The highest BCUT2D eigenvalue weighted by Gasteiger charge is 2.09. The number of aromatic nitrogens is 3. The number of methoxy groups -OCH3 is 1. The van der Waals surface area contributed by atoms with Crippen molar-refractivity contribution in [1.29, 1.82) is 0 Å². The zero-order valence-corrected chi connectivity index (χ0v) is 13.1. The average Bonchev–Trinajstić information content (AvgIpc) is 2.82. The number of hydrogen-bond donors (Lipinski definition) is 1. The van der Waals surface area contributed by atoms with E-state index in [1.165, 1.54) is 0 Å². The summed E-state index contributed by atoms with van der Waals surface area (Å²) >= 11 is 5.11. The van der Waals surface area contributed by atoms with Crippen LogP contribution in [0.5, 0.6) is 11.5 Å². The van der Waals surface area contributed by atoms with E-state index < -0.39 is 0 Å². The second kappa shape index (κ2) is 7.03. The highest BCUT2D eigenvalue weighted by Crippen LogP contribution is 2.30. The summed E-state index contributed by atoms with van der Waals surface area (Å²) in [6.45, 7) is 4.49. The van der Waals surface area contributed by atoms with E-state index in [4.69, 9.17) is 21.7 Å². The van der Waals surface area contributed by atoms with Crippen LogP contribution in [0.15, 0.2) is 23.3 Å². The van der Waals surface area contributed by atoms with Crippen LogP contribution in [-0.4, -0.2) is 34.8 Å². The minimum Gasteiger partial charge on any atom is -0.493 e. The van der Waals surface area contributed by atoms with E-state index in [0.717, 1.165) is 12.0 Å². The van der Waals surface area contributed by atoms with Crippen LogP contribution in [0, 0.1) is 11.7 Å². The first-order valence-corrected chi connectivity index (χ1v) is 7.06. The van der Waals surface area contributed by atoms with Crippen LogP contribution in [0.1, 0.15) is 24.7 Å². The van der Waals surface area contributed by atoms with Crippen molar-refractivity contribution in [2.45, 2.75) is 20.3 Å². The largest absolute Gasteiger partial charge is 0.493 e. The quantitative estimate of drug-likeness (QED) is 0.658. The summed E-state index contributed by atoms with van der Waals surface area (Å²) in [6.07, 6.45) is 2.60. The Balaban J connectivity index is 2.37. The van der Waals surface area contributed by atoms with Crippen LogP contribution in [0.4, 0.5) is 0 Å². The van der Waals surface area contributed by atoms with Gasteiger partial charge in [0, 0.05) is 5.56 Å². The fraction of sp³-hybridized carbons (Fsp3) is 0.357. The molecule has 0 fully saturated rings. The molecule has 7 heteroatoms. The van der Waals surface area contributed by atoms with Gasteiger partial charge in [-0.3, -0.25) is 5.10 Å². The predicted molar refractivity (Wildman–Crippen MR) is 83.9 cm³/mol. The number of benzene rings is 1. The van der Waals surface area contributed by atoms with Gasteiger partial charge in [-0.1, -0.05) is 13.0 Å². The molecule has 1 N–H and O–H groups in total. The SMILES string of the molecule is CCCOc1c(/C=N/n2c(C)n[nH]c2=S)cccc1OC. The van der Waals surface area contributed by atoms with Gasteiger partial charge in [-0.2, -0.15) is 14.9 Å². The van der Waals surface area contributed by atoms with Crippen LogP contribution >= 0.6 is 12.2 Å². The van der Waals surface area contributed by atoms with Gasteiger partial charge in [-0.25, -0.2) is 0 Å². The lowest BCUT2D eigenvalue weighted by Crippen LogP contribution is -2.02. The first-order chi connectivity index (χ1) is 10.2. The lowest BCUT2D eigenvalue weighted by atomic mass is 10.2. The highest BCUT2D eigenvalue weighted by molar-refractivity contribution is 7.71. The maximum absolute atomic E-state index is 5.76. The zero-order valence-electron chi connectivity index (χ0n) is 12.3. The monoisotopic (exact) mass is 306 g/mol. The Morgan fingerprint density at radius 2 is 2.29 bits per heavy atom. The second-order valence-electron chi connectivity index (χ2n) is 4.36. The molecule has 1 aromatic carbocycles. The number of para-hydroxylation sites is 1. The molecule has 21 heavy (non-hydrogen) atoms. The summed E-state index contributed by atoms with van der Waals surface area (Å²) in [7, 11) is 1.62. The minimum absolute atomic E-state index is 0.447. The summed E-state index contributed by atoms with van der Waals surface area (Å²) < 4.78 is 13.1. The first-order valence-electron chi connectivity index (χ1n) is 6.65. The Morgan fingerprint density at radius 1 is 1.48 bits per heavy atom. The number of rotatable bonds is 6. The van der Waals surface area contributed by atoms with Crippen molar-refractivity contribution in [3.05, 3.63) is 34.4 Å². The maximum atomic E-state index is 5.76. The number of H-pyrrole nitrogens is 1. The van der Waals surface area contributed by atoms with Gasteiger partial charge in [0.25, 0.3) is 0 Å². The van der Waals surface area contributed by atoms with Gasteiger partial charge in [0.1, 0.15) is 5.82 Å². The molecule has 0 radical (unpaired) electrons. The summed E-state index contributed by atoms with van der Waals surface area (Å²) in [5, 5.41) is 11.0. The van der Waals surface area contributed by atoms with Crippen molar-refractivity contribution in [3.63, 3.8) is 0 Å². The molecule has 0 aliphatic heterocycles. The third-order valence-corrected chi connectivity index (χ3v) is 3.07. The topological polar surface area (TPSA) is 64.4 Å². The molecule has 0 saturated carbocycles. The summed E-state index contributed by atoms with van der Waals surface area (Å²) in [6, 6.07) is 5.66. The van der Waals surface area contributed by atoms with Gasteiger partial charge in [0.2, 0.25) is 4.77 Å². The summed E-state index contributed by atoms with van der Waals surface area (Å²) in [5.74, 6) is 2.05. The number of nitrogens with zero attached hydrogens (tertiary/aromatic N) is 3. The van der Waals surface area contributed by atoms with Gasteiger partial charge >= 0.3 is 0 Å². The van der Waals surface area contributed by atoms with Crippen molar-refractivity contribution < 1.29 is 9.47 Å². The molecule has 2 aromatic rings. The molecule has 0 saturated heterocycles. The van der Waals surface area contributed by atoms with Gasteiger partial charge in [0.05, 0.1) is 19.9 Å². The predicted octanol–water partition coefficient (Wildman–Crippen LogP) is 2.93. The highest BCUT2D eigenvalue weighted by atomic mass is 32.1. The van der Waals surface area contributed by atoms with Crippen molar-refractivity contribution in [1.82, 2.24) is 14.9 Å². The third-order valence-electron chi connectivity index (χ3n) is 2.80. The molecule has 0 aliphatic rings. The Kier molecular flexibility index (Phi) is 5.10. The van der Waals surface area contributed by atoms with Crippen molar-refractivity contribution in [2.24, 2.45) is 5.10 Å². The molecule has 0 spiro atoms. The van der Waals surface area contributed by atoms with E-state index in [1.807, 2.05) is 25.1 Å². The zero-order chi connectivity index (χ0) is 15.2. The van der Waals surface area contributed by atoms with E-state index >= 15 is 0 Å². The van der Waals surface area contributed by atoms with E-state index in [-0.39, 0.29) is 0 Å². The van der Waals surface area contributed by atoms with Crippen LogP contribution in [0.25, 0.3) is 0 Å². The van der Waals surface area contributed by atoms with Crippen molar-refractivity contribution >= 4 is 18.4 Å². The van der Waals surface area contributed by atoms with E-state index in [1.54, 1.807) is 18.0 Å². The summed E-state index contributed by atoms with van der Waals surface area (Å²) in [5.41, 5.74) is 0.824. The Labute approximate surface area is 128 Å². The molecule has 0 aliphatic carbocycles. The second-order valence-corrected chi connectivity index (χ2v) is 4.75. The first kappa shape index (κ1) is 15.2. The van der Waals surface area contributed by atoms with Crippen molar-refractivity contribution in [3.8, 4) is 11.5 Å². The fourth-order valence-corrected chi connectivity index (χ4v) is 2.01. The van der Waals surface area contributed by atoms with Crippen molar-refractivity contribution in [2.75, 3.05) is 13.7 Å².